The maximum absolute atomic E-state index is 13.9. The SMILES string of the molecule is CC1CC(C(=O)N[C@@H](CC(=O)N2CCC[C@@H]2c2ccccc2)C(=O)NC(C)C2NC3CCCCC3(C3CCCCCC3)N2)C1. The van der Waals surface area contributed by atoms with Gasteiger partial charge in [0.25, 0.3) is 0 Å². The van der Waals surface area contributed by atoms with Crippen molar-refractivity contribution in [2.45, 2.75) is 146 Å². The molecule has 8 nitrogen and oxygen atoms in total. The van der Waals surface area contributed by atoms with E-state index in [1.165, 1.54) is 64.2 Å². The second-order valence-corrected chi connectivity index (χ2v) is 14.8. The molecular weight excluding hydrogens is 550 g/mol. The van der Waals surface area contributed by atoms with Gasteiger partial charge in [0.15, 0.2) is 0 Å². The topological polar surface area (TPSA) is 103 Å². The Morgan fingerprint density at radius 1 is 0.932 bits per heavy atom. The predicted molar refractivity (Wildman–Crippen MR) is 172 cm³/mol. The molecule has 4 N–H and O–H groups in total. The van der Waals surface area contributed by atoms with E-state index < -0.39 is 6.04 Å². The van der Waals surface area contributed by atoms with Crippen molar-refractivity contribution in [1.82, 2.24) is 26.2 Å². The zero-order valence-electron chi connectivity index (χ0n) is 27.0. The monoisotopic (exact) mass is 605 g/mol. The lowest BCUT2D eigenvalue weighted by molar-refractivity contribution is -0.138. The molecule has 5 aliphatic rings. The first kappa shape index (κ1) is 31.5. The van der Waals surface area contributed by atoms with E-state index >= 15 is 0 Å². The summed E-state index contributed by atoms with van der Waals surface area (Å²) in [5, 5.41) is 14.2. The highest BCUT2D eigenvalue weighted by Gasteiger charge is 2.53. The highest BCUT2D eigenvalue weighted by atomic mass is 16.2. The van der Waals surface area contributed by atoms with Crippen molar-refractivity contribution in [2.75, 3.05) is 6.54 Å². The summed E-state index contributed by atoms with van der Waals surface area (Å²) in [6, 6.07) is 9.53. The standard InChI is InChI=1S/C36H55N5O3/c1-24-21-27(22-24)34(43)38-29(23-32(42)41-20-12-17-30(41)26-13-6-5-7-14-26)35(44)37-25(2)33-39-31-18-10-11-19-36(31,40-33)28-15-8-3-4-9-16-28/h5-7,13-14,24-25,27-31,33,39-40H,3-4,8-12,15-23H2,1-2H3,(H,37,44)(H,38,43)/t24?,25?,27?,29-,30+,31?,33?,36?/m0/s1. The largest absolute Gasteiger partial charge is 0.349 e. The lowest BCUT2D eigenvalue weighted by atomic mass is 9.68. The molecule has 8 heteroatoms. The molecule has 2 aliphatic heterocycles. The molecular formula is C36H55N5O3. The van der Waals surface area contributed by atoms with Gasteiger partial charge in [-0.2, -0.15) is 0 Å². The van der Waals surface area contributed by atoms with Crippen molar-refractivity contribution in [2.24, 2.45) is 17.8 Å². The number of hydrogen-bond acceptors (Lipinski definition) is 5. The minimum absolute atomic E-state index is 0.0178. The number of amides is 3. The molecule has 0 radical (unpaired) electrons. The molecule has 1 aromatic carbocycles. The lowest BCUT2D eigenvalue weighted by Crippen LogP contribution is -2.60. The zero-order chi connectivity index (χ0) is 30.7. The number of rotatable bonds is 9. The van der Waals surface area contributed by atoms with Crippen molar-refractivity contribution in [3.63, 3.8) is 0 Å². The van der Waals surface area contributed by atoms with Crippen molar-refractivity contribution in [1.29, 1.82) is 0 Å². The summed E-state index contributed by atoms with van der Waals surface area (Å²) in [7, 11) is 0. The first-order valence-corrected chi connectivity index (χ1v) is 17.8. The van der Waals surface area contributed by atoms with Crippen molar-refractivity contribution < 1.29 is 14.4 Å². The van der Waals surface area contributed by atoms with Gasteiger partial charge in [0.2, 0.25) is 17.7 Å². The number of benzene rings is 1. The number of hydrogen-bond donors (Lipinski definition) is 4. The molecule has 2 saturated heterocycles. The third kappa shape index (κ3) is 6.72. The molecule has 5 fully saturated rings. The Morgan fingerprint density at radius 2 is 1.66 bits per heavy atom. The maximum Gasteiger partial charge on any atom is 0.243 e. The number of likely N-dealkylation sites (tertiary alicyclic amines) is 1. The van der Waals surface area contributed by atoms with Gasteiger partial charge >= 0.3 is 0 Å². The van der Waals surface area contributed by atoms with E-state index in [0.717, 1.165) is 31.2 Å². The Labute approximate surface area is 264 Å². The molecule has 0 aromatic heterocycles. The van der Waals surface area contributed by atoms with E-state index in [0.29, 0.717) is 24.4 Å². The summed E-state index contributed by atoms with van der Waals surface area (Å²) in [6.07, 6.45) is 16.2. The molecule has 1 aromatic rings. The molecule has 6 rings (SSSR count). The van der Waals surface area contributed by atoms with Crippen molar-refractivity contribution in [3.05, 3.63) is 35.9 Å². The van der Waals surface area contributed by atoms with Crippen molar-refractivity contribution in [3.8, 4) is 0 Å². The zero-order valence-corrected chi connectivity index (χ0v) is 27.0. The molecule has 0 bridgehead atoms. The van der Waals surface area contributed by atoms with E-state index in [9.17, 15) is 14.4 Å². The third-order valence-corrected chi connectivity index (χ3v) is 11.7. The Bertz CT molecular complexity index is 1150. The molecule has 6 atom stereocenters. The van der Waals surface area contributed by atoms with Crippen molar-refractivity contribution >= 4 is 17.7 Å². The van der Waals surface area contributed by atoms with Crippen LogP contribution in [0.3, 0.4) is 0 Å². The Hall–Kier alpha value is -2.45. The fraction of sp³-hybridized carbons (Fsp3) is 0.750. The van der Waals surface area contributed by atoms with Gasteiger partial charge < -0.3 is 15.5 Å². The first-order valence-electron chi connectivity index (χ1n) is 17.8. The number of fused-ring (bicyclic) bond motifs is 1. The summed E-state index contributed by atoms with van der Waals surface area (Å²) in [6.45, 7) is 4.88. The van der Waals surface area contributed by atoms with E-state index in [2.05, 4.69) is 47.2 Å². The molecule has 2 heterocycles. The third-order valence-electron chi connectivity index (χ3n) is 11.7. The van der Waals surface area contributed by atoms with E-state index in [-0.39, 0.29) is 53.8 Å². The van der Waals surface area contributed by atoms with Crippen LogP contribution in [0.5, 0.6) is 0 Å². The van der Waals surface area contributed by atoms with Crippen LogP contribution in [0.2, 0.25) is 0 Å². The van der Waals surface area contributed by atoms with Crippen LogP contribution in [0.15, 0.2) is 30.3 Å². The van der Waals surface area contributed by atoms with E-state index in [4.69, 9.17) is 0 Å². The summed E-state index contributed by atoms with van der Waals surface area (Å²) in [4.78, 5) is 42.8. The van der Waals surface area contributed by atoms with Gasteiger partial charge in [-0.3, -0.25) is 25.0 Å². The first-order chi connectivity index (χ1) is 21.3. The van der Waals surface area contributed by atoms with Gasteiger partial charge in [-0.05, 0) is 75.7 Å². The molecule has 3 amide bonds. The normalized spacial score (nSPS) is 33.9. The van der Waals surface area contributed by atoms with Gasteiger partial charge in [-0.25, -0.2) is 0 Å². The average Bonchev–Trinajstić information content (AvgIpc) is 3.57. The summed E-state index contributed by atoms with van der Waals surface area (Å²) >= 11 is 0. The Balaban J connectivity index is 1.13. The second-order valence-electron chi connectivity index (χ2n) is 14.8. The summed E-state index contributed by atoms with van der Waals surface area (Å²) < 4.78 is 0. The highest BCUT2D eigenvalue weighted by Crippen LogP contribution is 2.44. The average molecular weight is 606 g/mol. The number of carbonyl (C=O) groups is 3. The van der Waals surface area contributed by atoms with Gasteiger partial charge in [-0.15, -0.1) is 0 Å². The van der Waals surface area contributed by atoms with Gasteiger partial charge in [0.05, 0.1) is 24.7 Å². The smallest absolute Gasteiger partial charge is 0.243 e. The fourth-order valence-electron chi connectivity index (χ4n) is 9.22. The van der Waals surface area contributed by atoms with Gasteiger partial charge in [0.1, 0.15) is 6.04 Å². The van der Waals surface area contributed by atoms with Crippen LogP contribution in [0.25, 0.3) is 0 Å². The highest BCUT2D eigenvalue weighted by molar-refractivity contribution is 5.93. The van der Waals surface area contributed by atoms with Crippen LogP contribution in [0.4, 0.5) is 0 Å². The second kappa shape index (κ2) is 13.9. The predicted octanol–water partition coefficient (Wildman–Crippen LogP) is 4.95. The Morgan fingerprint density at radius 3 is 2.39 bits per heavy atom. The van der Waals surface area contributed by atoms with Gasteiger partial charge in [-0.1, -0.05) is 75.8 Å². The molecule has 3 aliphatic carbocycles. The number of nitrogens with zero attached hydrogens (tertiary/aromatic N) is 1. The van der Waals surface area contributed by atoms with E-state index in [1.807, 2.05) is 23.1 Å². The number of nitrogens with one attached hydrogen (secondary N) is 4. The minimum Gasteiger partial charge on any atom is -0.349 e. The van der Waals surface area contributed by atoms with Crippen LogP contribution in [-0.2, 0) is 14.4 Å². The van der Waals surface area contributed by atoms with Crippen LogP contribution < -0.4 is 21.3 Å². The molecule has 0 spiro atoms. The number of carbonyl (C=O) groups excluding carboxylic acids is 3. The van der Waals surface area contributed by atoms with E-state index in [1.54, 1.807) is 0 Å². The quantitative estimate of drug-likeness (QED) is 0.299. The van der Waals surface area contributed by atoms with Gasteiger partial charge in [0, 0.05) is 24.0 Å². The molecule has 3 saturated carbocycles. The molecule has 4 unspecified atom stereocenters. The minimum atomic E-state index is -0.884. The summed E-state index contributed by atoms with van der Waals surface area (Å²) in [5.74, 6) is 0.700. The Kier molecular flexibility index (Phi) is 9.96. The van der Waals surface area contributed by atoms with Crippen LogP contribution in [-0.4, -0.2) is 59.0 Å². The molecule has 242 valence electrons. The maximum atomic E-state index is 13.9. The lowest BCUT2D eigenvalue weighted by Gasteiger charge is -2.45. The van der Waals surface area contributed by atoms with Crippen LogP contribution >= 0.6 is 0 Å². The molecule has 44 heavy (non-hydrogen) atoms. The van der Waals surface area contributed by atoms with Crippen LogP contribution in [0.1, 0.15) is 122 Å². The summed E-state index contributed by atoms with van der Waals surface area (Å²) in [5.41, 5.74) is 1.22. The fourth-order valence-corrected chi connectivity index (χ4v) is 9.22. The van der Waals surface area contributed by atoms with Crippen LogP contribution in [0, 0.1) is 17.8 Å².